The van der Waals surface area contributed by atoms with E-state index in [9.17, 15) is 0 Å². The minimum absolute atomic E-state index is 0.137. The van der Waals surface area contributed by atoms with Crippen molar-refractivity contribution >= 4 is 0 Å². The molecule has 0 aromatic carbocycles. The van der Waals surface area contributed by atoms with Gasteiger partial charge >= 0.3 is 0 Å². The van der Waals surface area contributed by atoms with Crippen LogP contribution in [0.25, 0.3) is 0 Å². The summed E-state index contributed by atoms with van der Waals surface area (Å²) in [5.41, 5.74) is 5.69. The highest BCUT2D eigenvalue weighted by atomic mass is 16.5. The minimum Gasteiger partial charge on any atom is -0.372 e. The van der Waals surface area contributed by atoms with Crippen LogP contribution in [0, 0.1) is 6.92 Å². The molecule has 0 radical (unpaired) electrons. The van der Waals surface area contributed by atoms with Crippen LogP contribution in [0.15, 0.2) is 0 Å². The van der Waals surface area contributed by atoms with Gasteiger partial charge in [0.25, 0.3) is 0 Å². The van der Waals surface area contributed by atoms with Gasteiger partial charge < -0.3 is 15.0 Å². The van der Waals surface area contributed by atoms with Gasteiger partial charge in [-0.05, 0) is 19.8 Å². The first-order valence-corrected chi connectivity index (χ1v) is 5.92. The van der Waals surface area contributed by atoms with Crippen molar-refractivity contribution in [3.63, 3.8) is 0 Å². The SMILES string of the molecule is COC(CN)c1nnc(C)n1C1CCCC1. The monoisotopic (exact) mass is 224 g/mol. The maximum absolute atomic E-state index is 5.69. The standard InChI is InChI=1S/C11H20N4O/c1-8-13-14-11(10(7-12)16-2)15(8)9-5-3-4-6-9/h9-10H,3-7,12H2,1-2H3. The predicted octanol–water partition coefficient (Wildman–Crippen LogP) is 1.35. The molecule has 2 rings (SSSR count). The fourth-order valence-corrected chi connectivity index (χ4v) is 2.53. The second-order valence-electron chi connectivity index (χ2n) is 4.37. The zero-order valence-electron chi connectivity index (χ0n) is 10.0. The van der Waals surface area contributed by atoms with Crippen LogP contribution in [-0.2, 0) is 4.74 Å². The van der Waals surface area contributed by atoms with E-state index >= 15 is 0 Å². The number of methoxy groups -OCH3 is 1. The average molecular weight is 224 g/mol. The molecule has 1 aromatic rings. The second-order valence-corrected chi connectivity index (χ2v) is 4.37. The Morgan fingerprint density at radius 3 is 2.69 bits per heavy atom. The van der Waals surface area contributed by atoms with Crippen molar-refractivity contribution in [3.05, 3.63) is 11.6 Å². The molecule has 1 aliphatic carbocycles. The molecule has 16 heavy (non-hydrogen) atoms. The van der Waals surface area contributed by atoms with Crippen molar-refractivity contribution in [2.24, 2.45) is 5.73 Å². The quantitative estimate of drug-likeness (QED) is 0.838. The fraction of sp³-hybridized carbons (Fsp3) is 0.818. The second kappa shape index (κ2) is 4.93. The fourth-order valence-electron chi connectivity index (χ4n) is 2.53. The zero-order valence-corrected chi connectivity index (χ0v) is 10.0. The smallest absolute Gasteiger partial charge is 0.163 e. The molecule has 5 nitrogen and oxygen atoms in total. The molecule has 1 unspecified atom stereocenters. The third-order valence-electron chi connectivity index (χ3n) is 3.37. The first-order chi connectivity index (χ1) is 7.77. The summed E-state index contributed by atoms with van der Waals surface area (Å²) in [6.45, 7) is 2.44. The molecule has 0 bridgehead atoms. The molecule has 1 atom stereocenters. The molecule has 0 saturated heterocycles. The lowest BCUT2D eigenvalue weighted by Gasteiger charge is -2.19. The molecule has 1 aliphatic rings. The Balaban J connectivity index is 2.30. The molecular formula is C11H20N4O. The van der Waals surface area contributed by atoms with E-state index in [1.54, 1.807) is 7.11 Å². The Bertz CT molecular complexity index is 340. The minimum atomic E-state index is -0.137. The van der Waals surface area contributed by atoms with Crippen molar-refractivity contribution in [1.82, 2.24) is 14.8 Å². The molecule has 90 valence electrons. The number of nitrogens with two attached hydrogens (primary N) is 1. The summed E-state index contributed by atoms with van der Waals surface area (Å²) in [4.78, 5) is 0. The summed E-state index contributed by atoms with van der Waals surface area (Å²) in [5.74, 6) is 1.85. The Kier molecular flexibility index (Phi) is 3.56. The molecule has 5 heteroatoms. The molecule has 0 aliphatic heterocycles. The molecule has 0 spiro atoms. The first kappa shape index (κ1) is 11.5. The van der Waals surface area contributed by atoms with Crippen molar-refractivity contribution in [3.8, 4) is 0 Å². The van der Waals surface area contributed by atoms with Gasteiger partial charge in [-0.1, -0.05) is 12.8 Å². The van der Waals surface area contributed by atoms with Crippen LogP contribution in [-0.4, -0.2) is 28.4 Å². The molecule has 1 saturated carbocycles. The van der Waals surface area contributed by atoms with Gasteiger partial charge in [-0.15, -0.1) is 10.2 Å². The largest absolute Gasteiger partial charge is 0.372 e. The van der Waals surface area contributed by atoms with Crippen LogP contribution in [0.3, 0.4) is 0 Å². The van der Waals surface area contributed by atoms with Gasteiger partial charge in [0.15, 0.2) is 5.82 Å². The van der Waals surface area contributed by atoms with Crippen molar-refractivity contribution < 1.29 is 4.74 Å². The van der Waals surface area contributed by atoms with Crippen LogP contribution >= 0.6 is 0 Å². The van der Waals surface area contributed by atoms with Gasteiger partial charge in [-0.3, -0.25) is 0 Å². The molecule has 1 aromatic heterocycles. The number of rotatable bonds is 4. The summed E-state index contributed by atoms with van der Waals surface area (Å²) in [6.07, 6.45) is 4.88. The third kappa shape index (κ3) is 1.97. The Labute approximate surface area is 96.0 Å². The first-order valence-electron chi connectivity index (χ1n) is 5.92. The lowest BCUT2D eigenvalue weighted by atomic mass is 10.2. The van der Waals surface area contributed by atoms with Crippen LogP contribution in [0.5, 0.6) is 0 Å². The molecule has 0 amide bonds. The van der Waals surface area contributed by atoms with Crippen LogP contribution in [0.2, 0.25) is 0 Å². The summed E-state index contributed by atoms with van der Waals surface area (Å²) in [6, 6.07) is 0.536. The van der Waals surface area contributed by atoms with Gasteiger partial charge in [0.05, 0.1) is 0 Å². The zero-order chi connectivity index (χ0) is 11.5. The molecule has 1 heterocycles. The van der Waals surface area contributed by atoms with Crippen LogP contribution < -0.4 is 5.73 Å². The van der Waals surface area contributed by atoms with Gasteiger partial charge in [0.2, 0.25) is 0 Å². The number of aryl methyl sites for hydroxylation is 1. The van der Waals surface area contributed by atoms with E-state index < -0.39 is 0 Å². The van der Waals surface area contributed by atoms with Gasteiger partial charge in [0, 0.05) is 19.7 Å². The number of hydrogen-bond acceptors (Lipinski definition) is 4. The maximum atomic E-state index is 5.69. The van der Waals surface area contributed by atoms with E-state index in [2.05, 4.69) is 14.8 Å². The van der Waals surface area contributed by atoms with Crippen LogP contribution in [0.1, 0.15) is 49.5 Å². The lowest BCUT2D eigenvalue weighted by Crippen LogP contribution is -2.21. The maximum Gasteiger partial charge on any atom is 0.163 e. The highest BCUT2D eigenvalue weighted by molar-refractivity contribution is 5.02. The number of aromatic nitrogens is 3. The van der Waals surface area contributed by atoms with E-state index in [0.717, 1.165) is 11.6 Å². The normalized spacial score (nSPS) is 19.2. The van der Waals surface area contributed by atoms with Gasteiger partial charge in [-0.2, -0.15) is 0 Å². The van der Waals surface area contributed by atoms with E-state index in [0.29, 0.717) is 12.6 Å². The Morgan fingerprint density at radius 2 is 2.12 bits per heavy atom. The number of hydrogen-bond donors (Lipinski definition) is 1. The van der Waals surface area contributed by atoms with Gasteiger partial charge in [-0.25, -0.2) is 0 Å². The Morgan fingerprint density at radius 1 is 1.44 bits per heavy atom. The molecule has 1 fully saturated rings. The van der Waals surface area contributed by atoms with Gasteiger partial charge in [0.1, 0.15) is 11.9 Å². The average Bonchev–Trinajstić information content (AvgIpc) is 2.90. The van der Waals surface area contributed by atoms with E-state index in [-0.39, 0.29) is 6.10 Å². The Hall–Kier alpha value is -0.940. The molecule has 2 N–H and O–H groups in total. The lowest BCUT2D eigenvalue weighted by molar-refractivity contribution is 0.0976. The van der Waals surface area contributed by atoms with E-state index in [1.165, 1.54) is 25.7 Å². The highest BCUT2D eigenvalue weighted by Gasteiger charge is 2.25. The van der Waals surface area contributed by atoms with E-state index in [1.807, 2.05) is 6.92 Å². The predicted molar refractivity (Wildman–Crippen MR) is 61.1 cm³/mol. The topological polar surface area (TPSA) is 66.0 Å². The van der Waals surface area contributed by atoms with E-state index in [4.69, 9.17) is 10.5 Å². The molecular weight excluding hydrogens is 204 g/mol. The number of nitrogens with zero attached hydrogens (tertiary/aromatic N) is 3. The number of ether oxygens (including phenoxy) is 1. The summed E-state index contributed by atoms with van der Waals surface area (Å²) in [7, 11) is 1.67. The highest BCUT2D eigenvalue weighted by Crippen LogP contribution is 2.32. The van der Waals surface area contributed by atoms with Crippen LogP contribution in [0.4, 0.5) is 0 Å². The van der Waals surface area contributed by atoms with Crippen molar-refractivity contribution in [1.29, 1.82) is 0 Å². The summed E-state index contributed by atoms with van der Waals surface area (Å²) < 4.78 is 7.57. The van der Waals surface area contributed by atoms with Crippen molar-refractivity contribution in [2.75, 3.05) is 13.7 Å². The summed E-state index contributed by atoms with van der Waals surface area (Å²) in [5, 5.41) is 8.37. The third-order valence-corrected chi connectivity index (χ3v) is 3.37. The van der Waals surface area contributed by atoms with Crippen molar-refractivity contribution in [2.45, 2.75) is 44.8 Å². The summed E-state index contributed by atoms with van der Waals surface area (Å²) >= 11 is 0.